The van der Waals surface area contributed by atoms with E-state index in [1.165, 1.54) is 0 Å². The second kappa shape index (κ2) is 6.99. The first-order chi connectivity index (χ1) is 11.6. The summed E-state index contributed by atoms with van der Waals surface area (Å²) in [5, 5.41) is 20.8. The lowest BCUT2D eigenvalue weighted by molar-refractivity contribution is 1.03. The van der Waals surface area contributed by atoms with E-state index < -0.39 is 0 Å². The van der Waals surface area contributed by atoms with Crippen LogP contribution in [0.2, 0.25) is 10.0 Å². The minimum atomic E-state index is 0.196. The summed E-state index contributed by atoms with van der Waals surface area (Å²) in [6.07, 6.45) is 0. The van der Waals surface area contributed by atoms with Crippen molar-refractivity contribution >= 4 is 34.7 Å². The Kier molecular flexibility index (Phi) is 4.79. The van der Waals surface area contributed by atoms with E-state index in [1.54, 1.807) is 19.2 Å². The Bertz CT molecular complexity index is 895. The summed E-state index contributed by atoms with van der Waals surface area (Å²) in [6, 6.07) is 16.7. The number of aromatic nitrogens is 2. The van der Waals surface area contributed by atoms with Crippen molar-refractivity contribution < 1.29 is 0 Å². The average Bonchev–Trinajstić information content (AvgIpc) is 2.62. The van der Waals surface area contributed by atoms with Gasteiger partial charge >= 0.3 is 0 Å². The average molecular weight is 357 g/mol. The van der Waals surface area contributed by atoms with Crippen LogP contribution in [0.25, 0.3) is 11.3 Å². The van der Waals surface area contributed by atoms with Gasteiger partial charge in [-0.15, -0.1) is 10.2 Å². The number of hydrogen-bond donors (Lipinski definition) is 2. The summed E-state index contributed by atoms with van der Waals surface area (Å²) in [5.74, 6) is 0.435. The lowest BCUT2D eigenvalue weighted by Gasteiger charge is -2.14. The van der Waals surface area contributed by atoms with Gasteiger partial charge in [-0.3, -0.25) is 5.41 Å². The van der Waals surface area contributed by atoms with Crippen molar-refractivity contribution in [1.29, 1.82) is 5.41 Å². The Morgan fingerprint density at radius 2 is 1.62 bits per heavy atom. The van der Waals surface area contributed by atoms with Crippen molar-refractivity contribution in [2.24, 2.45) is 0 Å². The number of anilines is 1. The fourth-order valence-corrected chi connectivity index (χ4v) is 2.96. The topological polar surface area (TPSA) is 61.7 Å². The van der Waals surface area contributed by atoms with Crippen LogP contribution in [0, 0.1) is 5.41 Å². The summed E-state index contributed by atoms with van der Waals surface area (Å²) >= 11 is 12.8. The van der Waals surface area contributed by atoms with Gasteiger partial charge in [0.15, 0.2) is 5.82 Å². The first kappa shape index (κ1) is 16.4. The Morgan fingerprint density at radius 1 is 0.958 bits per heavy atom. The predicted octanol–water partition coefficient (Wildman–Crippen LogP) is 4.91. The van der Waals surface area contributed by atoms with E-state index in [0.717, 1.165) is 5.56 Å². The number of nitrogens with one attached hydrogen (secondary N) is 2. The number of benzene rings is 2. The molecule has 0 amide bonds. The minimum absolute atomic E-state index is 0.196. The molecule has 0 saturated heterocycles. The Labute approximate surface area is 150 Å². The molecule has 0 aliphatic rings. The summed E-state index contributed by atoms with van der Waals surface area (Å²) in [4.78, 5) is 0. The van der Waals surface area contributed by atoms with Crippen molar-refractivity contribution in [2.45, 2.75) is 0 Å². The first-order valence-electron chi connectivity index (χ1n) is 7.26. The molecule has 0 aliphatic heterocycles. The molecule has 24 heavy (non-hydrogen) atoms. The molecule has 1 aromatic heterocycles. The number of halogens is 2. The van der Waals surface area contributed by atoms with Gasteiger partial charge in [0, 0.05) is 23.2 Å². The standard InChI is InChI=1S/C18H14Cl2N4/c1-22-18-14(16(21)12-9-5-6-10-13(12)19)15(20)17(23-24-18)11-7-3-2-4-8-11/h2-10,21H,1H3,(H,22,24). The van der Waals surface area contributed by atoms with Crippen LogP contribution in [0.4, 0.5) is 5.82 Å². The van der Waals surface area contributed by atoms with Crippen molar-refractivity contribution in [2.75, 3.05) is 12.4 Å². The van der Waals surface area contributed by atoms with Gasteiger partial charge in [-0.25, -0.2) is 0 Å². The predicted molar refractivity (Wildman–Crippen MR) is 99.4 cm³/mol. The molecule has 3 aromatic rings. The minimum Gasteiger partial charge on any atom is -0.371 e. The molecule has 0 unspecified atom stereocenters. The smallest absolute Gasteiger partial charge is 0.159 e. The quantitative estimate of drug-likeness (QED) is 0.653. The van der Waals surface area contributed by atoms with E-state index in [9.17, 15) is 0 Å². The lowest BCUT2D eigenvalue weighted by atomic mass is 10.0. The molecule has 120 valence electrons. The van der Waals surface area contributed by atoms with Gasteiger partial charge in [0.1, 0.15) is 5.69 Å². The fourth-order valence-electron chi connectivity index (χ4n) is 2.40. The third kappa shape index (κ3) is 2.98. The fraction of sp³-hybridized carbons (Fsp3) is 0.0556. The summed E-state index contributed by atoms with van der Waals surface area (Å²) in [6.45, 7) is 0. The number of nitrogens with zero attached hydrogens (tertiary/aromatic N) is 2. The van der Waals surface area contributed by atoms with Crippen LogP contribution in [0.15, 0.2) is 54.6 Å². The van der Waals surface area contributed by atoms with E-state index in [4.69, 9.17) is 28.6 Å². The highest BCUT2D eigenvalue weighted by Crippen LogP contribution is 2.34. The highest BCUT2D eigenvalue weighted by molar-refractivity contribution is 6.40. The van der Waals surface area contributed by atoms with Crippen molar-refractivity contribution in [3.8, 4) is 11.3 Å². The van der Waals surface area contributed by atoms with Gasteiger partial charge in [-0.2, -0.15) is 0 Å². The summed E-state index contributed by atoms with van der Waals surface area (Å²) in [7, 11) is 1.71. The highest BCUT2D eigenvalue weighted by Gasteiger charge is 2.21. The molecular weight excluding hydrogens is 343 g/mol. The molecule has 1 heterocycles. The molecule has 0 fully saturated rings. The summed E-state index contributed by atoms with van der Waals surface area (Å²) < 4.78 is 0. The third-order valence-corrected chi connectivity index (χ3v) is 4.29. The largest absolute Gasteiger partial charge is 0.371 e. The van der Waals surface area contributed by atoms with Gasteiger partial charge in [0.2, 0.25) is 0 Å². The number of rotatable bonds is 4. The molecule has 0 spiro atoms. The van der Waals surface area contributed by atoms with Crippen LogP contribution in [-0.2, 0) is 0 Å². The molecule has 0 saturated carbocycles. The van der Waals surface area contributed by atoms with Crippen molar-refractivity contribution in [1.82, 2.24) is 10.2 Å². The van der Waals surface area contributed by atoms with E-state index >= 15 is 0 Å². The molecule has 0 aliphatic carbocycles. The van der Waals surface area contributed by atoms with Gasteiger partial charge in [-0.05, 0) is 6.07 Å². The first-order valence-corrected chi connectivity index (χ1v) is 8.02. The lowest BCUT2D eigenvalue weighted by Crippen LogP contribution is -2.11. The van der Waals surface area contributed by atoms with Crippen LogP contribution in [-0.4, -0.2) is 23.0 Å². The van der Waals surface area contributed by atoms with E-state index in [0.29, 0.717) is 32.7 Å². The van der Waals surface area contributed by atoms with E-state index in [2.05, 4.69) is 15.5 Å². The zero-order valence-corrected chi connectivity index (χ0v) is 14.4. The van der Waals surface area contributed by atoms with Gasteiger partial charge in [0.05, 0.1) is 16.3 Å². The monoisotopic (exact) mass is 356 g/mol. The molecule has 6 heteroatoms. The third-order valence-electron chi connectivity index (χ3n) is 3.59. The molecule has 2 aromatic carbocycles. The van der Waals surface area contributed by atoms with Crippen LogP contribution in [0.3, 0.4) is 0 Å². The molecule has 0 radical (unpaired) electrons. The van der Waals surface area contributed by atoms with Crippen LogP contribution >= 0.6 is 23.2 Å². The van der Waals surface area contributed by atoms with Gasteiger partial charge < -0.3 is 5.32 Å². The van der Waals surface area contributed by atoms with Crippen LogP contribution in [0.5, 0.6) is 0 Å². The van der Waals surface area contributed by atoms with Crippen LogP contribution < -0.4 is 5.32 Å². The molecule has 3 rings (SSSR count). The molecule has 2 N–H and O–H groups in total. The van der Waals surface area contributed by atoms with Gasteiger partial charge in [-0.1, -0.05) is 71.7 Å². The molecular formula is C18H14Cl2N4. The zero-order chi connectivity index (χ0) is 17.1. The molecule has 4 nitrogen and oxygen atoms in total. The maximum absolute atomic E-state index is 8.58. The maximum Gasteiger partial charge on any atom is 0.159 e. The summed E-state index contributed by atoms with van der Waals surface area (Å²) in [5.41, 5.74) is 2.63. The zero-order valence-electron chi connectivity index (χ0n) is 12.8. The maximum atomic E-state index is 8.58. The second-order valence-corrected chi connectivity index (χ2v) is 5.84. The molecule has 0 atom stereocenters. The molecule has 0 bridgehead atoms. The van der Waals surface area contributed by atoms with Crippen molar-refractivity contribution in [3.05, 3.63) is 75.8 Å². The Morgan fingerprint density at radius 3 is 2.29 bits per heavy atom. The second-order valence-electron chi connectivity index (χ2n) is 5.06. The van der Waals surface area contributed by atoms with E-state index in [-0.39, 0.29) is 5.71 Å². The van der Waals surface area contributed by atoms with Crippen molar-refractivity contribution in [3.63, 3.8) is 0 Å². The van der Waals surface area contributed by atoms with Gasteiger partial charge in [0.25, 0.3) is 0 Å². The Balaban J connectivity index is 2.20. The number of hydrogen-bond acceptors (Lipinski definition) is 4. The van der Waals surface area contributed by atoms with Crippen LogP contribution in [0.1, 0.15) is 11.1 Å². The normalized spacial score (nSPS) is 10.5. The SMILES string of the molecule is CNc1nnc(-c2ccccc2)c(Cl)c1C(=N)c1ccccc1Cl. The highest BCUT2D eigenvalue weighted by atomic mass is 35.5. The van der Waals surface area contributed by atoms with E-state index in [1.807, 2.05) is 42.5 Å². The Hall–Kier alpha value is -2.43.